The van der Waals surface area contributed by atoms with Gasteiger partial charge in [0.2, 0.25) is 0 Å². The van der Waals surface area contributed by atoms with Gasteiger partial charge in [-0.3, -0.25) is 4.79 Å². The minimum atomic E-state index is -0.358. The average molecular weight is 540 g/mol. The molecule has 0 bridgehead atoms. The van der Waals surface area contributed by atoms with E-state index in [1.54, 1.807) is 6.07 Å². The number of aliphatic imine (C=N–C) groups is 1. The highest BCUT2D eigenvalue weighted by Crippen LogP contribution is 2.17. The minimum absolute atomic E-state index is 0. The van der Waals surface area contributed by atoms with E-state index in [0.29, 0.717) is 19.7 Å². The normalized spacial score (nSPS) is 15.8. The summed E-state index contributed by atoms with van der Waals surface area (Å²) in [7, 11) is 1.92. The molecular weight excluding hydrogens is 510 g/mol. The molecule has 6 nitrogen and oxygen atoms in total. The van der Waals surface area contributed by atoms with Crippen LogP contribution < -0.4 is 10.6 Å². The number of ether oxygens (including phenoxy) is 1. The molecule has 0 radical (unpaired) electrons. The van der Waals surface area contributed by atoms with Gasteiger partial charge in [-0.05, 0) is 55.2 Å². The van der Waals surface area contributed by atoms with E-state index in [9.17, 15) is 9.18 Å². The summed E-state index contributed by atoms with van der Waals surface area (Å²) < 4.78 is 18.9. The molecule has 2 aromatic rings. The number of hydrogen-bond acceptors (Lipinski definition) is 3. The summed E-state index contributed by atoms with van der Waals surface area (Å²) in [6.07, 6.45) is 1.33. The first-order chi connectivity index (χ1) is 14.5. The Morgan fingerprint density at radius 2 is 2.00 bits per heavy atom. The number of halogens is 2. The lowest BCUT2D eigenvalue weighted by molar-refractivity contribution is -0.124. The third kappa shape index (κ3) is 7.77. The van der Waals surface area contributed by atoms with Gasteiger partial charge in [0.05, 0.1) is 6.54 Å². The van der Waals surface area contributed by atoms with Crippen LogP contribution in [0.25, 0.3) is 0 Å². The summed E-state index contributed by atoms with van der Waals surface area (Å²) >= 11 is 0. The average Bonchev–Trinajstić information content (AvgIpc) is 3.26. The third-order valence-corrected chi connectivity index (χ3v) is 4.83. The van der Waals surface area contributed by atoms with Crippen molar-refractivity contribution in [3.63, 3.8) is 0 Å². The number of carbonyl (C=O) groups excluding carboxylic acids is 1. The van der Waals surface area contributed by atoms with E-state index in [1.165, 1.54) is 12.1 Å². The topological polar surface area (TPSA) is 66.0 Å². The van der Waals surface area contributed by atoms with Crippen molar-refractivity contribution in [3.8, 4) is 0 Å². The van der Waals surface area contributed by atoms with Crippen LogP contribution in [0.1, 0.15) is 30.9 Å². The van der Waals surface area contributed by atoms with Crippen molar-refractivity contribution in [1.82, 2.24) is 10.2 Å². The van der Waals surface area contributed by atoms with E-state index >= 15 is 0 Å². The Bertz CT molecular complexity index is 887. The second-order valence-corrected chi connectivity index (χ2v) is 7.35. The van der Waals surface area contributed by atoms with Crippen LogP contribution in [0.3, 0.4) is 0 Å². The van der Waals surface area contributed by atoms with Crippen molar-refractivity contribution in [1.29, 1.82) is 0 Å². The van der Waals surface area contributed by atoms with Crippen LogP contribution in [0.5, 0.6) is 0 Å². The van der Waals surface area contributed by atoms with Crippen molar-refractivity contribution in [2.45, 2.75) is 39.0 Å². The summed E-state index contributed by atoms with van der Waals surface area (Å²) in [5.41, 5.74) is 2.60. The second-order valence-electron chi connectivity index (χ2n) is 7.35. The zero-order chi connectivity index (χ0) is 21.3. The van der Waals surface area contributed by atoms with E-state index in [-0.39, 0.29) is 41.8 Å². The van der Waals surface area contributed by atoms with Gasteiger partial charge in [0.1, 0.15) is 11.9 Å². The Hall–Kier alpha value is -2.20. The van der Waals surface area contributed by atoms with Crippen LogP contribution in [0.4, 0.5) is 10.1 Å². The van der Waals surface area contributed by atoms with Gasteiger partial charge in [-0.15, -0.1) is 24.0 Å². The van der Waals surface area contributed by atoms with Crippen molar-refractivity contribution < 1.29 is 13.9 Å². The van der Waals surface area contributed by atoms with E-state index in [4.69, 9.17) is 9.73 Å². The van der Waals surface area contributed by atoms with Crippen molar-refractivity contribution >= 4 is 41.5 Å². The molecule has 168 valence electrons. The van der Waals surface area contributed by atoms with Gasteiger partial charge in [-0.1, -0.05) is 24.3 Å². The maximum atomic E-state index is 13.5. The first kappa shape index (κ1) is 25.1. The van der Waals surface area contributed by atoms with Gasteiger partial charge in [0.25, 0.3) is 5.91 Å². The van der Waals surface area contributed by atoms with Crippen LogP contribution in [0, 0.1) is 5.82 Å². The fourth-order valence-electron chi connectivity index (χ4n) is 3.37. The molecule has 1 heterocycles. The smallest absolute Gasteiger partial charge is 0.253 e. The fourth-order valence-corrected chi connectivity index (χ4v) is 3.37. The number of hydrogen-bond donors (Lipinski definition) is 2. The Morgan fingerprint density at radius 3 is 2.71 bits per heavy atom. The van der Waals surface area contributed by atoms with Gasteiger partial charge in [0.15, 0.2) is 5.96 Å². The third-order valence-electron chi connectivity index (χ3n) is 4.83. The number of anilines is 1. The van der Waals surface area contributed by atoms with E-state index in [2.05, 4.69) is 10.6 Å². The van der Waals surface area contributed by atoms with E-state index in [0.717, 1.165) is 42.2 Å². The molecular formula is C23H30FIN4O2. The molecule has 2 aromatic carbocycles. The number of benzene rings is 2. The van der Waals surface area contributed by atoms with Gasteiger partial charge < -0.3 is 20.3 Å². The summed E-state index contributed by atoms with van der Waals surface area (Å²) in [6, 6.07) is 14.2. The highest BCUT2D eigenvalue weighted by atomic mass is 127. The summed E-state index contributed by atoms with van der Waals surface area (Å²) in [6.45, 7) is 4.38. The highest BCUT2D eigenvalue weighted by Gasteiger charge is 2.23. The Labute approximate surface area is 200 Å². The van der Waals surface area contributed by atoms with Crippen LogP contribution >= 0.6 is 24.0 Å². The molecule has 8 heteroatoms. The monoisotopic (exact) mass is 540 g/mol. The molecule has 1 unspecified atom stereocenters. The molecule has 1 aliphatic rings. The lowest BCUT2D eigenvalue weighted by atomic mass is 10.2. The van der Waals surface area contributed by atoms with Crippen molar-refractivity contribution in [2.24, 2.45) is 4.99 Å². The molecule has 0 spiro atoms. The van der Waals surface area contributed by atoms with Gasteiger partial charge in [0, 0.05) is 32.4 Å². The number of guanidine groups is 1. The van der Waals surface area contributed by atoms with Crippen molar-refractivity contribution in [2.75, 3.05) is 25.5 Å². The molecule has 1 saturated heterocycles. The zero-order valence-corrected chi connectivity index (χ0v) is 20.3. The van der Waals surface area contributed by atoms with Crippen LogP contribution in [0.15, 0.2) is 53.5 Å². The number of rotatable bonds is 7. The highest BCUT2D eigenvalue weighted by molar-refractivity contribution is 14.0. The lowest BCUT2D eigenvalue weighted by Gasteiger charge is -2.22. The number of amides is 1. The SMILES string of the molecule is CCNC(=NCc1cccc(NC(=O)C2CCCO2)c1)N(C)Cc1cccc(F)c1.I. The maximum absolute atomic E-state index is 13.5. The summed E-state index contributed by atoms with van der Waals surface area (Å²) in [5.74, 6) is 0.386. The molecule has 0 aliphatic carbocycles. The molecule has 3 rings (SSSR count). The zero-order valence-electron chi connectivity index (χ0n) is 17.9. The van der Waals surface area contributed by atoms with E-state index in [1.807, 2.05) is 49.2 Å². The summed E-state index contributed by atoms with van der Waals surface area (Å²) in [4.78, 5) is 18.9. The van der Waals surface area contributed by atoms with Gasteiger partial charge in [-0.25, -0.2) is 9.38 Å². The molecule has 0 aromatic heterocycles. The van der Waals surface area contributed by atoms with E-state index < -0.39 is 0 Å². The van der Waals surface area contributed by atoms with Crippen LogP contribution in [-0.2, 0) is 22.6 Å². The van der Waals surface area contributed by atoms with Crippen molar-refractivity contribution in [3.05, 3.63) is 65.5 Å². The van der Waals surface area contributed by atoms with Crippen LogP contribution in [-0.4, -0.2) is 43.1 Å². The first-order valence-corrected chi connectivity index (χ1v) is 10.3. The lowest BCUT2D eigenvalue weighted by Crippen LogP contribution is -2.38. The Balaban J connectivity index is 0.00000341. The Morgan fingerprint density at radius 1 is 1.23 bits per heavy atom. The van der Waals surface area contributed by atoms with Gasteiger partial charge in [-0.2, -0.15) is 0 Å². The second kappa shape index (κ2) is 12.6. The quantitative estimate of drug-likeness (QED) is 0.315. The predicted molar refractivity (Wildman–Crippen MR) is 132 cm³/mol. The summed E-state index contributed by atoms with van der Waals surface area (Å²) in [5, 5.41) is 6.19. The molecule has 0 saturated carbocycles. The molecule has 31 heavy (non-hydrogen) atoms. The Kier molecular flexibility index (Phi) is 10.2. The van der Waals surface area contributed by atoms with Gasteiger partial charge >= 0.3 is 0 Å². The maximum Gasteiger partial charge on any atom is 0.253 e. The largest absolute Gasteiger partial charge is 0.368 e. The number of nitrogens with zero attached hydrogens (tertiary/aromatic N) is 2. The molecule has 1 amide bonds. The fraction of sp³-hybridized carbons (Fsp3) is 0.391. The number of nitrogens with one attached hydrogen (secondary N) is 2. The standard InChI is InChI=1S/C23H29FN4O2.HI/c1-3-25-23(28(2)16-18-8-4-9-19(24)13-18)26-15-17-7-5-10-20(14-17)27-22(29)21-11-6-12-30-21;/h4-5,7-10,13-14,21H,3,6,11-12,15-16H2,1-2H3,(H,25,26)(H,27,29);1H. The number of carbonyl (C=O) groups is 1. The predicted octanol–water partition coefficient (Wildman–Crippen LogP) is 4.16. The van der Waals surface area contributed by atoms with Crippen LogP contribution in [0.2, 0.25) is 0 Å². The molecule has 1 fully saturated rings. The molecule has 1 atom stereocenters. The molecule has 2 N–H and O–H groups in total. The first-order valence-electron chi connectivity index (χ1n) is 10.3. The minimum Gasteiger partial charge on any atom is -0.368 e. The molecule has 1 aliphatic heterocycles.